The topological polar surface area (TPSA) is 29.5 Å². The maximum absolute atomic E-state index is 12.0. The molecule has 1 aliphatic rings. The summed E-state index contributed by atoms with van der Waals surface area (Å²) in [5.41, 5.74) is 2.47. The monoisotopic (exact) mass is 233 g/mol. The minimum Gasteiger partial charge on any atom is -0.357 e. The number of carbonyl (C=O) groups excluding carboxylic acids is 1. The second-order valence-corrected chi connectivity index (χ2v) is 4.55. The Labute approximate surface area is 102 Å². The molecule has 0 radical (unpaired) electrons. The van der Waals surface area contributed by atoms with E-state index in [-0.39, 0.29) is 12.1 Å². The second kappa shape index (κ2) is 5.32. The standard InChI is InChI=1S/C14H19NO2/c1-11-4-3-5-13(10-11)6-7-14(16)15-8-9-17-12(15)2/h3-5,10,12H,6-9H2,1-2H3. The molecule has 1 atom stereocenters. The van der Waals surface area contributed by atoms with Crippen molar-refractivity contribution < 1.29 is 9.53 Å². The third kappa shape index (κ3) is 3.07. The molecule has 0 aromatic heterocycles. The van der Waals surface area contributed by atoms with E-state index in [9.17, 15) is 4.79 Å². The first-order chi connectivity index (χ1) is 8.16. The van der Waals surface area contributed by atoms with Crippen LogP contribution in [0.25, 0.3) is 0 Å². The summed E-state index contributed by atoms with van der Waals surface area (Å²) in [6.45, 7) is 5.39. The van der Waals surface area contributed by atoms with E-state index in [1.807, 2.05) is 17.9 Å². The number of amides is 1. The van der Waals surface area contributed by atoms with E-state index >= 15 is 0 Å². The molecule has 0 spiro atoms. The molecule has 17 heavy (non-hydrogen) atoms. The van der Waals surface area contributed by atoms with Crippen LogP contribution in [0.15, 0.2) is 24.3 Å². The summed E-state index contributed by atoms with van der Waals surface area (Å²) in [6, 6.07) is 8.32. The highest BCUT2D eigenvalue weighted by Crippen LogP contribution is 2.13. The molecule has 92 valence electrons. The van der Waals surface area contributed by atoms with Crippen molar-refractivity contribution in [3.63, 3.8) is 0 Å². The van der Waals surface area contributed by atoms with Gasteiger partial charge in [-0.1, -0.05) is 29.8 Å². The lowest BCUT2D eigenvalue weighted by molar-refractivity contribution is -0.135. The van der Waals surface area contributed by atoms with Crippen LogP contribution in [0, 0.1) is 6.92 Å². The van der Waals surface area contributed by atoms with Gasteiger partial charge in [-0.25, -0.2) is 0 Å². The molecule has 1 aromatic rings. The number of aryl methyl sites for hydroxylation is 2. The molecule has 3 nitrogen and oxygen atoms in total. The van der Waals surface area contributed by atoms with Gasteiger partial charge in [0.15, 0.2) is 0 Å². The van der Waals surface area contributed by atoms with E-state index in [2.05, 4.69) is 25.1 Å². The Balaban J connectivity index is 1.88. The number of ether oxygens (including phenoxy) is 1. The van der Waals surface area contributed by atoms with E-state index in [4.69, 9.17) is 4.74 Å². The molecule has 2 rings (SSSR count). The van der Waals surface area contributed by atoms with Crippen molar-refractivity contribution >= 4 is 5.91 Å². The smallest absolute Gasteiger partial charge is 0.225 e. The minimum absolute atomic E-state index is 0.0555. The largest absolute Gasteiger partial charge is 0.357 e. The van der Waals surface area contributed by atoms with Crippen LogP contribution in [0.1, 0.15) is 24.5 Å². The number of hydrogen-bond acceptors (Lipinski definition) is 2. The average Bonchev–Trinajstić information content (AvgIpc) is 2.72. The fraction of sp³-hybridized carbons (Fsp3) is 0.500. The van der Waals surface area contributed by atoms with Gasteiger partial charge in [-0.15, -0.1) is 0 Å². The quantitative estimate of drug-likeness (QED) is 0.800. The van der Waals surface area contributed by atoms with E-state index in [0.29, 0.717) is 13.0 Å². The first kappa shape index (κ1) is 12.1. The zero-order chi connectivity index (χ0) is 12.3. The van der Waals surface area contributed by atoms with Gasteiger partial charge in [-0.05, 0) is 25.8 Å². The minimum atomic E-state index is -0.0555. The maximum atomic E-state index is 12.0. The van der Waals surface area contributed by atoms with Crippen LogP contribution in [0.2, 0.25) is 0 Å². The zero-order valence-electron chi connectivity index (χ0n) is 10.5. The summed E-state index contributed by atoms with van der Waals surface area (Å²) in [5, 5.41) is 0. The predicted octanol–water partition coefficient (Wildman–Crippen LogP) is 2.13. The van der Waals surface area contributed by atoms with Gasteiger partial charge in [0.2, 0.25) is 5.91 Å². The van der Waals surface area contributed by atoms with Crippen LogP contribution in [-0.4, -0.2) is 30.2 Å². The third-order valence-corrected chi connectivity index (χ3v) is 3.16. The Morgan fingerprint density at radius 1 is 1.53 bits per heavy atom. The second-order valence-electron chi connectivity index (χ2n) is 4.55. The van der Waals surface area contributed by atoms with Crippen molar-refractivity contribution in [2.45, 2.75) is 32.9 Å². The van der Waals surface area contributed by atoms with E-state index in [1.54, 1.807) is 0 Å². The van der Waals surface area contributed by atoms with Gasteiger partial charge >= 0.3 is 0 Å². The normalized spacial score (nSPS) is 19.6. The lowest BCUT2D eigenvalue weighted by Gasteiger charge is -2.19. The molecular formula is C14H19NO2. The Kier molecular flexibility index (Phi) is 3.79. The van der Waals surface area contributed by atoms with Crippen LogP contribution < -0.4 is 0 Å². The molecule has 3 heteroatoms. The van der Waals surface area contributed by atoms with E-state index in [0.717, 1.165) is 13.0 Å². The van der Waals surface area contributed by atoms with Gasteiger partial charge in [0.05, 0.1) is 6.61 Å². The van der Waals surface area contributed by atoms with Crippen molar-refractivity contribution in [1.82, 2.24) is 4.90 Å². The number of carbonyl (C=O) groups is 1. The van der Waals surface area contributed by atoms with Crippen LogP contribution >= 0.6 is 0 Å². The van der Waals surface area contributed by atoms with Crippen LogP contribution in [0.3, 0.4) is 0 Å². The fourth-order valence-corrected chi connectivity index (χ4v) is 2.18. The SMILES string of the molecule is Cc1cccc(CCC(=O)N2CCOC2C)c1. The molecule has 1 heterocycles. The molecule has 0 aliphatic carbocycles. The third-order valence-electron chi connectivity index (χ3n) is 3.16. The highest BCUT2D eigenvalue weighted by atomic mass is 16.5. The van der Waals surface area contributed by atoms with Gasteiger partial charge < -0.3 is 9.64 Å². The zero-order valence-corrected chi connectivity index (χ0v) is 10.5. The number of rotatable bonds is 3. The predicted molar refractivity (Wildman–Crippen MR) is 66.6 cm³/mol. The average molecular weight is 233 g/mol. The molecule has 1 aliphatic heterocycles. The lowest BCUT2D eigenvalue weighted by atomic mass is 10.1. The molecule has 1 fully saturated rings. The summed E-state index contributed by atoms with van der Waals surface area (Å²) in [6.07, 6.45) is 1.32. The summed E-state index contributed by atoms with van der Waals surface area (Å²) < 4.78 is 5.36. The lowest BCUT2D eigenvalue weighted by Crippen LogP contribution is -2.34. The Bertz CT molecular complexity index is 403. The molecule has 1 amide bonds. The summed E-state index contributed by atoms with van der Waals surface area (Å²) in [7, 11) is 0. The number of benzene rings is 1. The molecule has 1 saturated heterocycles. The number of nitrogens with zero attached hydrogens (tertiary/aromatic N) is 1. The van der Waals surface area contributed by atoms with Crippen molar-refractivity contribution in [1.29, 1.82) is 0 Å². The van der Waals surface area contributed by atoms with Crippen LogP contribution in [0.5, 0.6) is 0 Å². The van der Waals surface area contributed by atoms with E-state index in [1.165, 1.54) is 11.1 Å². The van der Waals surface area contributed by atoms with Gasteiger partial charge in [0.25, 0.3) is 0 Å². The van der Waals surface area contributed by atoms with Gasteiger partial charge in [-0.3, -0.25) is 4.79 Å². The Morgan fingerprint density at radius 2 is 2.35 bits per heavy atom. The van der Waals surface area contributed by atoms with Gasteiger partial charge in [0.1, 0.15) is 6.23 Å². The first-order valence-corrected chi connectivity index (χ1v) is 6.13. The summed E-state index contributed by atoms with van der Waals surface area (Å²) in [4.78, 5) is 13.8. The molecule has 0 N–H and O–H groups in total. The molecule has 1 unspecified atom stereocenters. The van der Waals surface area contributed by atoms with Crippen LogP contribution in [0.4, 0.5) is 0 Å². The Hall–Kier alpha value is -1.35. The Morgan fingerprint density at radius 3 is 3.00 bits per heavy atom. The van der Waals surface area contributed by atoms with Crippen molar-refractivity contribution in [2.75, 3.05) is 13.2 Å². The molecule has 1 aromatic carbocycles. The van der Waals surface area contributed by atoms with E-state index < -0.39 is 0 Å². The highest BCUT2D eigenvalue weighted by molar-refractivity contribution is 5.76. The number of hydrogen-bond donors (Lipinski definition) is 0. The van der Waals surface area contributed by atoms with Gasteiger partial charge in [-0.2, -0.15) is 0 Å². The molecule has 0 bridgehead atoms. The fourth-order valence-electron chi connectivity index (χ4n) is 2.18. The van der Waals surface area contributed by atoms with Crippen molar-refractivity contribution in [3.8, 4) is 0 Å². The van der Waals surface area contributed by atoms with Crippen molar-refractivity contribution in [2.24, 2.45) is 0 Å². The highest BCUT2D eigenvalue weighted by Gasteiger charge is 2.25. The summed E-state index contributed by atoms with van der Waals surface area (Å²) in [5.74, 6) is 0.191. The molecular weight excluding hydrogens is 214 g/mol. The summed E-state index contributed by atoms with van der Waals surface area (Å²) >= 11 is 0. The first-order valence-electron chi connectivity index (χ1n) is 6.13. The maximum Gasteiger partial charge on any atom is 0.225 e. The van der Waals surface area contributed by atoms with Crippen LogP contribution in [-0.2, 0) is 16.0 Å². The van der Waals surface area contributed by atoms with Crippen molar-refractivity contribution in [3.05, 3.63) is 35.4 Å². The molecule has 0 saturated carbocycles. The van der Waals surface area contributed by atoms with Gasteiger partial charge in [0, 0.05) is 13.0 Å².